The highest BCUT2D eigenvalue weighted by Gasteiger charge is 2.13. The average Bonchev–Trinajstić information content (AvgIpc) is 3.03. The monoisotopic (exact) mass is 402 g/mol. The third-order valence-corrected chi connectivity index (χ3v) is 4.84. The van der Waals surface area contributed by atoms with Crippen LogP contribution in [0.25, 0.3) is 5.69 Å². The Bertz CT molecular complexity index is 910. The molecule has 1 amide bonds. The lowest BCUT2D eigenvalue weighted by Gasteiger charge is -2.10. The number of carbonyl (C=O) groups excluding carboxylic acids is 1. The third-order valence-electron chi connectivity index (χ3n) is 3.66. The minimum atomic E-state index is -0.124. The molecule has 140 valence electrons. The molecule has 0 radical (unpaired) electrons. The summed E-state index contributed by atoms with van der Waals surface area (Å²) in [5, 5.41) is 12.4. The fourth-order valence-corrected chi connectivity index (χ4v) is 3.38. The van der Waals surface area contributed by atoms with Crippen LogP contribution >= 0.6 is 23.4 Å². The third kappa shape index (κ3) is 5.02. The maximum atomic E-state index is 12.2. The highest BCUT2D eigenvalue weighted by molar-refractivity contribution is 7.99. The molecule has 6 nitrogen and oxygen atoms in total. The number of amides is 1. The molecule has 0 saturated carbocycles. The topological polar surface area (TPSA) is 69.0 Å². The molecule has 27 heavy (non-hydrogen) atoms. The highest BCUT2D eigenvalue weighted by Crippen LogP contribution is 2.24. The predicted molar refractivity (Wildman–Crippen MR) is 108 cm³/mol. The van der Waals surface area contributed by atoms with Crippen molar-refractivity contribution in [3.63, 3.8) is 0 Å². The van der Waals surface area contributed by atoms with Gasteiger partial charge in [0.2, 0.25) is 5.91 Å². The molecule has 0 spiro atoms. The van der Waals surface area contributed by atoms with Crippen molar-refractivity contribution in [2.45, 2.75) is 19.0 Å². The zero-order chi connectivity index (χ0) is 19.2. The van der Waals surface area contributed by atoms with Gasteiger partial charge in [0.15, 0.2) is 5.16 Å². The van der Waals surface area contributed by atoms with Gasteiger partial charge in [0, 0.05) is 16.4 Å². The first-order chi connectivity index (χ1) is 13.1. The van der Waals surface area contributed by atoms with Gasteiger partial charge in [-0.1, -0.05) is 23.4 Å². The van der Waals surface area contributed by atoms with Crippen molar-refractivity contribution in [1.29, 1.82) is 0 Å². The van der Waals surface area contributed by atoms with Crippen LogP contribution in [-0.2, 0) is 4.79 Å². The van der Waals surface area contributed by atoms with Gasteiger partial charge in [-0.3, -0.25) is 9.36 Å². The van der Waals surface area contributed by atoms with E-state index in [1.807, 2.05) is 42.7 Å². The fraction of sp³-hybridized carbons (Fsp3) is 0.211. The smallest absolute Gasteiger partial charge is 0.234 e. The Hall–Kier alpha value is -2.51. The summed E-state index contributed by atoms with van der Waals surface area (Å²) < 4.78 is 7.39. The predicted octanol–water partition coefficient (Wildman–Crippen LogP) is 4.36. The first kappa shape index (κ1) is 19.3. The molecule has 8 heteroatoms. The molecule has 3 aromatic rings. The number of benzene rings is 2. The van der Waals surface area contributed by atoms with Gasteiger partial charge in [0.25, 0.3) is 0 Å². The summed E-state index contributed by atoms with van der Waals surface area (Å²) in [5.41, 5.74) is 1.62. The van der Waals surface area contributed by atoms with Gasteiger partial charge in [0.05, 0.1) is 12.4 Å². The second-order valence-corrected chi connectivity index (χ2v) is 7.01. The molecule has 0 bridgehead atoms. The second-order valence-electron chi connectivity index (χ2n) is 5.64. The number of rotatable bonds is 7. The van der Waals surface area contributed by atoms with Gasteiger partial charge in [-0.25, -0.2) is 0 Å². The van der Waals surface area contributed by atoms with E-state index in [2.05, 4.69) is 15.5 Å². The number of nitrogens with one attached hydrogen (secondary N) is 1. The molecule has 0 aliphatic carbocycles. The Morgan fingerprint density at radius 2 is 1.85 bits per heavy atom. The summed E-state index contributed by atoms with van der Waals surface area (Å²) >= 11 is 7.18. The van der Waals surface area contributed by atoms with Crippen molar-refractivity contribution < 1.29 is 9.53 Å². The summed E-state index contributed by atoms with van der Waals surface area (Å²) in [6.45, 7) is 4.44. The SMILES string of the molecule is CCOc1ccc(-n2c(C)nnc2SCC(=O)Nc2ccc(Cl)cc2)cc1. The number of nitrogens with zero attached hydrogens (tertiary/aromatic N) is 3. The fourth-order valence-electron chi connectivity index (χ4n) is 2.45. The lowest BCUT2D eigenvalue weighted by Crippen LogP contribution is -2.14. The lowest BCUT2D eigenvalue weighted by molar-refractivity contribution is -0.113. The first-order valence-electron chi connectivity index (χ1n) is 8.40. The van der Waals surface area contributed by atoms with Gasteiger partial charge in [0.1, 0.15) is 11.6 Å². The molecule has 0 unspecified atom stereocenters. The summed E-state index contributed by atoms with van der Waals surface area (Å²) in [6, 6.07) is 14.7. The minimum Gasteiger partial charge on any atom is -0.494 e. The van der Waals surface area contributed by atoms with E-state index < -0.39 is 0 Å². The van der Waals surface area contributed by atoms with E-state index in [4.69, 9.17) is 16.3 Å². The number of halogens is 1. The number of aryl methyl sites for hydroxylation is 1. The van der Waals surface area contributed by atoms with E-state index in [0.29, 0.717) is 22.5 Å². The molecule has 0 aliphatic heterocycles. The van der Waals surface area contributed by atoms with E-state index in [1.165, 1.54) is 11.8 Å². The van der Waals surface area contributed by atoms with Gasteiger partial charge in [-0.15, -0.1) is 10.2 Å². The van der Waals surface area contributed by atoms with E-state index in [-0.39, 0.29) is 11.7 Å². The molecule has 0 atom stereocenters. The van der Waals surface area contributed by atoms with E-state index in [0.717, 1.165) is 17.3 Å². The van der Waals surface area contributed by atoms with Crippen LogP contribution in [0.2, 0.25) is 5.02 Å². The van der Waals surface area contributed by atoms with Gasteiger partial charge < -0.3 is 10.1 Å². The summed E-state index contributed by atoms with van der Waals surface area (Å²) in [7, 11) is 0. The summed E-state index contributed by atoms with van der Waals surface area (Å²) in [4.78, 5) is 12.2. The van der Waals surface area contributed by atoms with Crippen LogP contribution in [0.5, 0.6) is 5.75 Å². The number of carbonyl (C=O) groups is 1. The Labute approximate surface area is 166 Å². The van der Waals surface area contributed by atoms with E-state index >= 15 is 0 Å². The Balaban J connectivity index is 1.67. The van der Waals surface area contributed by atoms with Crippen LogP contribution in [0.4, 0.5) is 5.69 Å². The van der Waals surface area contributed by atoms with Crippen molar-refractivity contribution in [3.8, 4) is 11.4 Å². The van der Waals surface area contributed by atoms with Crippen LogP contribution in [-0.4, -0.2) is 33.0 Å². The summed E-state index contributed by atoms with van der Waals surface area (Å²) in [6.07, 6.45) is 0. The number of aromatic nitrogens is 3. The molecule has 0 aliphatic rings. The van der Waals surface area contributed by atoms with E-state index in [9.17, 15) is 4.79 Å². The number of anilines is 1. The highest BCUT2D eigenvalue weighted by atomic mass is 35.5. The van der Waals surface area contributed by atoms with Crippen molar-refractivity contribution in [1.82, 2.24) is 14.8 Å². The van der Waals surface area contributed by atoms with Crippen LogP contribution in [0.3, 0.4) is 0 Å². The number of hydrogen-bond acceptors (Lipinski definition) is 5. The van der Waals surface area contributed by atoms with E-state index in [1.54, 1.807) is 24.3 Å². The molecule has 1 heterocycles. The van der Waals surface area contributed by atoms with Gasteiger partial charge in [-0.2, -0.15) is 0 Å². The van der Waals surface area contributed by atoms with Crippen LogP contribution in [0, 0.1) is 6.92 Å². The molecule has 2 aromatic carbocycles. The minimum absolute atomic E-state index is 0.124. The van der Waals surface area contributed by atoms with Crippen molar-refractivity contribution in [2.24, 2.45) is 0 Å². The van der Waals surface area contributed by atoms with Crippen LogP contribution in [0.1, 0.15) is 12.7 Å². The van der Waals surface area contributed by atoms with Crippen LogP contribution in [0.15, 0.2) is 53.7 Å². The van der Waals surface area contributed by atoms with Crippen molar-refractivity contribution >= 4 is 35.0 Å². The number of ether oxygens (including phenoxy) is 1. The second kappa shape index (κ2) is 8.92. The molecule has 1 N–H and O–H groups in total. The molecular formula is C19H19ClN4O2S. The average molecular weight is 403 g/mol. The quantitative estimate of drug-likeness (QED) is 0.594. The summed E-state index contributed by atoms with van der Waals surface area (Å²) in [5.74, 6) is 1.65. The zero-order valence-electron chi connectivity index (χ0n) is 15.0. The number of thioether (sulfide) groups is 1. The standard InChI is InChI=1S/C19H19ClN4O2S/c1-3-26-17-10-8-16(9-11-17)24-13(2)22-23-19(24)27-12-18(25)21-15-6-4-14(20)5-7-15/h4-11H,3,12H2,1-2H3,(H,21,25). The normalized spacial score (nSPS) is 10.6. The lowest BCUT2D eigenvalue weighted by atomic mass is 10.3. The molecule has 1 aromatic heterocycles. The Morgan fingerprint density at radius 3 is 2.52 bits per heavy atom. The van der Waals surface area contributed by atoms with Crippen molar-refractivity contribution in [3.05, 3.63) is 59.4 Å². The van der Waals surface area contributed by atoms with Crippen LogP contribution < -0.4 is 10.1 Å². The first-order valence-corrected chi connectivity index (χ1v) is 9.76. The zero-order valence-corrected chi connectivity index (χ0v) is 16.5. The van der Waals surface area contributed by atoms with Gasteiger partial charge >= 0.3 is 0 Å². The molecule has 0 saturated heterocycles. The Morgan fingerprint density at radius 1 is 1.15 bits per heavy atom. The Kier molecular flexibility index (Phi) is 6.36. The molecule has 3 rings (SSSR count). The van der Waals surface area contributed by atoms with Crippen molar-refractivity contribution in [2.75, 3.05) is 17.7 Å². The largest absolute Gasteiger partial charge is 0.494 e. The molecular weight excluding hydrogens is 384 g/mol. The van der Waals surface area contributed by atoms with Gasteiger partial charge in [-0.05, 0) is 62.4 Å². The maximum Gasteiger partial charge on any atom is 0.234 e. The maximum absolute atomic E-state index is 12.2. The molecule has 0 fully saturated rings. The number of hydrogen-bond donors (Lipinski definition) is 1.